The molecule has 3 rings (SSSR count). The van der Waals surface area contributed by atoms with E-state index in [1.807, 2.05) is 34.1 Å². The Kier molecular flexibility index (Phi) is 6.34. The van der Waals surface area contributed by atoms with Crippen molar-refractivity contribution in [3.05, 3.63) is 66.0 Å². The standard InChI is InChI=1S/C20H23FN2OS/c21-18-8-4-5-9-19(18)22-11-13-23(14-12-22)20(24)10-15-25-16-17-6-2-1-3-7-17/h1-9H,10-16H2. The molecule has 3 nitrogen and oxygen atoms in total. The summed E-state index contributed by atoms with van der Waals surface area (Å²) in [4.78, 5) is 16.3. The molecule has 1 fully saturated rings. The van der Waals surface area contributed by atoms with E-state index in [0.717, 1.165) is 11.5 Å². The third kappa shape index (κ3) is 4.98. The van der Waals surface area contributed by atoms with Gasteiger partial charge in [0.1, 0.15) is 5.82 Å². The number of carbonyl (C=O) groups excluding carboxylic acids is 1. The molecule has 2 aromatic rings. The van der Waals surface area contributed by atoms with E-state index in [1.54, 1.807) is 23.9 Å². The van der Waals surface area contributed by atoms with Gasteiger partial charge >= 0.3 is 0 Å². The van der Waals surface area contributed by atoms with Crippen molar-refractivity contribution >= 4 is 23.4 Å². The summed E-state index contributed by atoms with van der Waals surface area (Å²) in [6.07, 6.45) is 0.567. The van der Waals surface area contributed by atoms with Crippen molar-refractivity contribution in [2.45, 2.75) is 12.2 Å². The van der Waals surface area contributed by atoms with Crippen molar-refractivity contribution in [2.24, 2.45) is 0 Å². The van der Waals surface area contributed by atoms with Crippen LogP contribution in [0, 0.1) is 5.82 Å². The van der Waals surface area contributed by atoms with Gasteiger partial charge in [0.2, 0.25) is 5.91 Å². The molecule has 1 aliphatic rings. The summed E-state index contributed by atoms with van der Waals surface area (Å²) >= 11 is 1.79. The fourth-order valence-corrected chi connectivity index (χ4v) is 3.88. The van der Waals surface area contributed by atoms with E-state index in [2.05, 4.69) is 12.1 Å². The van der Waals surface area contributed by atoms with E-state index < -0.39 is 0 Å². The summed E-state index contributed by atoms with van der Waals surface area (Å²) in [5.41, 5.74) is 1.92. The molecular weight excluding hydrogens is 335 g/mol. The lowest BCUT2D eigenvalue weighted by Crippen LogP contribution is -2.49. The van der Waals surface area contributed by atoms with E-state index in [1.165, 1.54) is 11.6 Å². The lowest BCUT2D eigenvalue weighted by atomic mass is 10.2. The molecular formula is C20H23FN2OS. The molecule has 0 spiro atoms. The van der Waals surface area contributed by atoms with Crippen LogP contribution in [0.25, 0.3) is 0 Å². The number of hydrogen-bond acceptors (Lipinski definition) is 3. The molecule has 0 aliphatic carbocycles. The van der Waals surface area contributed by atoms with Crippen LogP contribution in [-0.4, -0.2) is 42.7 Å². The Balaban J connectivity index is 1.39. The van der Waals surface area contributed by atoms with E-state index >= 15 is 0 Å². The molecule has 1 heterocycles. The van der Waals surface area contributed by atoms with Crippen LogP contribution >= 0.6 is 11.8 Å². The first-order valence-corrected chi connectivity index (χ1v) is 9.78. The summed E-state index contributed by atoms with van der Waals surface area (Å²) in [6.45, 7) is 2.70. The summed E-state index contributed by atoms with van der Waals surface area (Å²) in [5, 5.41) is 0. The van der Waals surface area contributed by atoms with E-state index in [4.69, 9.17) is 0 Å². The van der Waals surface area contributed by atoms with Gasteiger partial charge in [-0.3, -0.25) is 4.79 Å². The Morgan fingerprint density at radius 2 is 1.64 bits per heavy atom. The van der Waals surface area contributed by atoms with Gasteiger partial charge < -0.3 is 9.80 Å². The molecule has 0 saturated carbocycles. The number of thioether (sulfide) groups is 1. The highest BCUT2D eigenvalue weighted by atomic mass is 32.2. The Hall–Kier alpha value is -2.01. The van der Waals surface area contributed by atoms with Gasteiger partial charge in [0.05, 0.1) is 5.69 Å². The van der Waals surface area contributed by atoms with Gasteiger partial charge in [-0.2, -0.15) is 11.8 Å². The number of carbonyl (C=O) groups is 1. The van der Waals surface area contributed by atoms with Crippen LogP contribution in [-0.2, 0) is 10.5 Å². The Bertz CT molecular complexity index is 687. The number of benzene rings is 2. The predicted molar refractivity (Wildman–Crippen MR) is 102 cm³/mol. The fraction of sp³-hybridized carbons (Fsp3) is 0.350. The second-order valence-corrected chi connectivity index (χ2v) is 7.21. The number of hydrogen-bond donors (Lipinski definition) is 0. The number of piperazine rings is 1. The quantitative estimate of drug-likeness (QED) is 0.734. The first kappa shape index (κ1) is 17.8. The highest BCUT2D eigenvalue weighted by Crippen LogP contribution is 2.20. The highest BCUT2D eigenvalue weighted by Gasteiger charge is 2.22. The first-order valence-electron chi connectivity index (χ1n) is 8.63. The Morgan fingerprint density at radius 1 is 0.960 bits per heavy atom. The lowest BCUT2D eigenvalue weighted by molar-refractivity contribution is -0.131. The number of amides is 1. The Morgan fingerprint density at radius 3 is 2.36 bits per heavy atom. The third-order valence-electron chi connectivity index (χ3n) is 4.40. The number of halogens is 1. The van der Waals surface area contributed by atoms with Gasteiger partial charge in [-0.15, -0.1) is 0 Å². The molecule has 0 aromatic heterocycles. The molecule has 1 amide bonds. The lowest BCUT2D eigenvalue weighted by Gasteiger charge is -2.36. The van der Waals surface area contributed by atoms with Gasteiger partial charge in [-0.25, -0.2) is 4.39 Å². The molecule has 0 atom stereocenters. The zero-order chi connectivity index (χ0) is 17.5. The van der Waals surface area contributed by atoms with Crippen LogP contribution in [0.5, 0.6) is 0 Å². The smallest absolute Gasteiger partial charge is 0.223 e. The predicted octanol–water partition coefficient (Wildman–Crippen LogP) is 3.80. The summed E-state index contributed by atoms with van der Waals surface area (Å²) in [5.74, 6) is 1.78. The van der Waals surface area contributed by atoms with E-state index in [0.29, 0.717) is 38.3 Å². The topological polar surface area (TPSA) is 23.6 Å². The molecule has 25 heavy (non-hydrogen) atoms. The first-order chi connectivity index (χ1) is 12.2. The van der Waals surface area contributed by atoms with Gasteiger partial charge in [0.15, 0.2) is 0 Å². The molecule has 5 heteroatoms. The normalized spacial score (nSPS) is 14.6. The minimum absolute atomic E-state index is 0.195. The molecule has 1 aliphatic heterocycles. The van der Waals surface area contributed by atoms with Crippen molar-refractivity contribution in [3.63, 3.8) is 0 Å². The van der Waals surface area contributed by atoms with Crippen LogP contribution in [0.2, 0.25) is 0 Å². The summed E-state index contributed by atoms with van der Waals surface area (Å²) in [6, 6.07) is 17.1. The maximum absolute atomic E-state index is 13.9. The molecule has 0 bridgehead atoms. The molecule has 1 saturated heterocycles. The van der Waals surface area contributed by atoms with Crippen LogP contribution in [0.1, 0.15) is 12.0 Å². The minimum Gasteiger partial charge on any atom is -0.366 e. The highest BCUT2D eigenvalue weighted by molar-refractivity contribution is 7.98. The van der Waals surface area contributed by atoms with E-state index in [-0.39, 0.29) is 11.7 Å². The second-order valence-electron chi connectivity index (χ2n) is 6.11. The third-order valence-corrected chi connectivity index (χ3v) is 5.43. The van der Waals surface area contributed by atoms with Crippen LogP contribution in [0.4, 0.5) is 10.1 Å². The number of anilines is 1. The number of rotatable bonds is 6. The second kappa shape index (κ2) is 8.90. The monoisotopic (exact) mass is 358 g/mol. The minimum atomic E-state index is -0.195. The number of nitrogens with zero attached hydrogens (tertiary/aromatic N) is 2. The molecule has 0 radical (unpaired) electrons. The van der Waals surface area contributed by atoms with E-state index in [9.17, 15) is 9.18 Å². The van der Waals surface area contributed by atoms with Crippen LogP contribution < -0.4 is 4.90 Å². The fourth-order valence-electron chi connectivity index (χ4n) is 2.99. The summed E-state index contributed by atoms with van der Waals surface area (Å²) in [7, 11) is 0. The Labute approximate surface area is 152 Å². The van der Waals surface area contributed by atoms with Gasteiger partial charge in [-0.05, 0) is 17.7 Å². The molecule has 132 valence electrons. The largest absolute Gasteiger partial charge is 0.366 e. The number of para-hydroxylation sites is 1. The van der Waals surface area contributed by atoms with Crippen molar-refractivity contribution < 1.29 is 9.18 Å². The molecule has 0 unspecified atom stereocenters. The maximum Gasteiger partial charge on any atom is 0.223 e. The SMILES string of the molecule is O=C(CCSCc1ccccc1)N1CCN(c2ccccc2F)CC1. The van der Waals surface area contributed by atoms with Crippen LogP contribution in [0.15, 0.2) is 54.6 Å². The van der Waals surface area contributed by atoms with Crippen molar-refractivity contribution in [3.8, 4) is 0 Å². The zero-order valence-corrected chi connectivity index (χ0v) is 15.1. The summed E-state index contributed by atoms with van der Waals surface area (Å²) < 4.78 is 13.9. The maximum atomic E-state index is 13.9. The van der Waals surface area contributed by atoms with Gasteiger partial charge in [0.25, 0.3) is 0 Å². The molecule has 0 N–H and O–H groups in total. The van der Waals surface area contributed by atoms with Crippen LogP contribution in [0.3, 0.4) is 0 Å². The molecule has 2 aromatic carbocycles. The van der Waals surface area contributed by atoms with Crippen molar-refractivity contribution in [2.75, 3.05) is 36.8 Å². The van der Waals surface area contributed by atoms with Crippen molar-refractivity contribution in [1.29, 1.82) is 0 Å². The van der Waals surface area contributed by atoms with Gasteiger partial charge in [0, 0.05) is 44.1 Å². The zero-order valence-electron chi connectivity index (χ0n) is 14.2. The average Bonchev–Trinajstić information content (AvgIpc) is 2.66. The average molecular weight is 358 g/mol. The van der Waals surface area contributed by atoms with Crippen molar-refractivity contribution in [1.82, 2.24) is 4.90 Å². The van der Waals surface area contributed by atoms with Gasteiger partial charge in [-0.1, -0.05) is 42.5 Å².